The summed E-state index contributed by atoms with van der Waals surface area (Å²) in [5, 5.41) is 6.06. The molecule has 1 unspecified atom stereocenters. The van der Waals surface area contributed by atoms with E-state index < -0.39 is 0 Å². The Hall–Kier alpha value is -2.04. The highest BCUT2D eigenvalue weighted by Gasteiger charge is 2.21. The second-order valence-electron chi connectivity index (χ2n) is 6.15. The van der Waals surface area contributed by atoms with Crippen LogP contribution in [0.1, 0.15) is 33.6 Å². The van der Waals surface area contributed by atoms with Crippen molar-refractivity contribution >= 4 is 23.2 Å². The summed E-state index contributed by atoms with van der Waals surface area (Å²) in [7, 11) is 0. The smallest absolute Gasteiger partial charge is 0.239 e. The van der Waals surface area contributed by atoms with Crippen LogP contribution in [0.15, 0.2) is 24.3 Å². The Morgan fingerprint density at radius 3 is 2.45 bits per heavy atom. The van der Waals surface area contributed by atoms with Crippen LogP contribution >= 0.6 is 0 Å². The zero-order valence-corrected chi connectivity index (χ0v) is 13.6. The zero-order chi connectivity index (χ0) is 16.1. The van der Waals surface area contributed by atoms with Crippen LogP contribution in [0.2, 0.25) is 0 Å². The highest BCUT2D eigenvalue weighted by Crippen LogP contribution is 2.22. The number of anilines is 2. The second kappa shape index (κ2) is 7.29. The van der Waals surface area contributed by atoms with E-state index in [-0.39, 0.29) is 24.4 Å². The van der Waals surface area contributed by atoms with Gasteiger partial charge in [-0.3, -0.25) is 9.59 Å². The first-order chi connectivity index (χ1) is 10.5. The van der Waals surface area contributed by atoms with E-state index >= 15 is 0 Å². The van der Waals surface area contributed by atoms with Gasteiger partial charge in [0.15, 0.2) is 0 Å². The standard InChI is InChI=1S/C17H25N3O2/c1-12(2)13(3)19-16(21)11-18-14-6-8-15(9-7-14)20-10-4-5-17(20)22/h6-9,12-13,18H,4-5,10-11H2,1-3H3,(H,19,21). The summed E-state index contributed by atoms with van der Waals surface area (Å²) in [6.45, 7) is 7.21. The number of carbonyl (C=O) groups excluding carboxylic acids is 2. The molecule has 1 fully saturated rings. The zero-order valence-electron chi connectivity index (χ0n) is 13.6. The molecule has 5 heteroatoms. The summed E-state index contributed by atoms with van der Waals surface area (Å²) in [6, 6.07) is 7.80. The van der Waals surface area contributed by atoms with Crippen molar-refractivity contribution in [3.63, 3.8) is 0 Å². The quantitative estimate of drug-likeness (QED) is 0.848. The Morgan fingerprint density at radius 2 is 1.91 bits per heavy atom. The van der Waals surface area contributed by atoms with Crippen LogP contribution in [0.4, 0.5) is 11.4 Å². The number of benzene rings is 1. The monoisotopic (exact) mass is 303 g/mol. The Labute approximate surface area is 132 Å². The van der Waals surface area contributed by atoms with Crippen molar-refractivity contribution in [2.24, 2.45) is 5.92 Å². The molecule has 1 aliphatic rings. The van der Waals surface area contributed by atoms with Crippen LogP contribution in [-0.2, 0) is 9.59 Å². The predicted octanol–water partition coefficient (Wildman–Crippen LogP) is 2.39. The topological polar surface area (TPSA) is 61.4 Å². The molecule has 1 heterocycles. The van der Waals surface area contributed by atoms with Gasteiger partial charge < -0.3 is 15.5 Å². The summed E-state index contributed by atoms with van der Waals surface area (Å²) in [5.41, 5.74) is 1.80. The highest BCUT2D eigenvalue weighted by molar-refractivity contribution is 5.95. The lowest BCUT2D eigenvalue weighted by atomic mass is 10.1. The largest absolute Gasteiger partial charge is 0.376 e. The van der Waals surface area contributed by atoms with E-state index in [0.29, 0.717) is 12.3 Å². The van der Waals surface area contributed by atoms with E-state index in [2.05, 4.69) is 24.5 Å². The van der Waals surface area contributed by atoms with E-state index in [4.69, 9.17) is 0 Å². The van der Waals surface area contributed by atoms with Gasteiger partial charge in [-0.05, 0) is 43.5 Å². The fraction of sp³-hybridized carbons (Fsp3) is 0.529. The van der Waals surface area contributed by atoms with Crippen molar-refractivity contribution < 1.29 is 9.59 Å². The lowest BCUT2D eigenvalue weighted by Crippen LogP contribution is -2.39. The number of nitrogens with zero attached hydrogens (tertiary/aromatic N) is 1. The third-order valence-corrected chi connectivity index (χ3v) is 4.09. The Bertz CT molecular complexity index is 525. The lowest BCUT2D eigenvalue weighted by Gasteiger charge is -2.18. The van der Waals surface area contributed by atoms with Crippen molar-refractivity contribution in [3.05, 3.63) is 24.3 Å². The molecule has 0 spiro atoms. The first-order valence-electron chi connectivity index (χ1n) is 7.91. The van der Waals surface area contributed by atoms with Crippen LogP contribution in [0.5, 0.6) is 0 Å². The summed E-state index contributed by atoms with van der Waals surface area (Å²) in [6.07, 6.45) is 1.56. The van der Waals surface area contributed by atoms with Gasteiger partial charge >= 0.3 is 0 Å². The summed E-state index contributed by atoms with van der Waals surface area (Å²) in [5.74, 6) is 0.587. The third-order valence-electron chi connectivity index (χ3n) is 4.09. The molecule has 1 saturated heterocycles. The van der Waals surface area contributed by atoms with E-state index in [0.717, 1.165) is 24.3 Å². The summed E-state index contributed by atoms with van der Waals surface area (Å²) >= 11 is 0. The molecule has 2 N–H and O–H groups in total. The number of hydrogen-bond acceptors (Lipinski definition) is 3. The molecule has 22 heavy (non-hydrogen) atoms. The third kappa shape index (κ3) is 4.23. The number of amides is 2. The van der Waals surface area contributed by atoms with Gasteiger partial charge in [0.1, 0.15) is 0 Å². The Kier molecular flexibility index (Phi) is 5.41. The average Bonchev–Trinajstić information content (AvgIpc) is 2.91. The minimum absolute atomic E-state index is 0.0139. The Balaban J connectivity index is 1.84. The molecule has 120 valence electrons. The van der Waals surface area contributed by atoms with Crippen molar-refractivity contribution in [2.45, 2.75) is 39.7 Å². The molecular weight excluding hydrogens is 278 g/mol. The van der Waals surface area contributed by atoms with Crippen LogP contribution in [0.25, 0.3) is 0 Å². The van der Waals surface area contributed by atoms with Gasteiger partial charge in [-0.2, -0.15) is 0 Å². The molecule has 1 aliphatic heterocycles. The molecule has 0 radical (unpaired) electrons. The Morgan fingerprint density at radius 1 is 1.23 bits per heavy atom. The van der Waals surface area contributed by atoms with E-state index in [1.165, 1.54) is 0 Å². The molecule has 0 saturated carbocycles. The van der Waals surface area contributed by atoms with Gasteiger partial charge in [0.25, 0.3) is 0 Å². The van der Waals surface area contributed by atoms with Crippen LogP contribution in [0.3, 0.4) is 0 Å². The molecule has 5 nitrogen and oxygen atoms in total. The molecule has 1 aromatic carbocycles. The van der Waals surface area contributed by atoms with Crippen LogP contribution in [-0.4, -0.2) is 30.9 Å². The van der Waals surface area contributed by atoms with Crippen molar-refractivity contribution in [3.8, 4) is 0 Å². The van der Waals surface area contributed by atoms with E-state index in [9.17, 15) is 9.59 Å². The maximum Gasteiger partial charge on any atom is 0.239 e. The maximum absolute atomic E-state index is 11.8. The number of hydrogen-bond donors (Lipinski definition) is 2. The molecule has 2 rings (SSSR count). The van der Waals surface area contributed by atoms with Crippen molar-refractivity contribution in [1.82, 2.24) is 5.32 Å². The summed E-state index contributed by atoms with van der Waals surface area (Å²) < 4.78 is 0. The number of carbonyl (C=O) groups is 2. The molecular formula is C17H25N3O2. The van der Waals surface area contributed by atoms with Gasteiger partial charge in [0.05, 0.1) is 6.54 Å². The van der Waals surface area contributed by atoms with Gasteiger partial charge in [0, 0.05) is 30.4 Å². The first kappa shape index (κ1) is 16.3. The minimum atomic E-state index is -0.0139. The van der Waals surface area contributed by atoms with Gasteiger partial charge in [-0.1, -0.05) is 13.8 Å². The minimum Gasteiger partial charge on any atom is -0.376 e. The van der Waals surface area contributed by atoms with Gasteiger partial charge in [-0.25, -0.2) is 0 Å². The van der Waals surface area contributed by atoms with E-state index in [1.54, 1.807) is 4.90 Å². The average molecular weight is 303 g/mol. The molecule has 0 aromatic heterocycles. The van der Waals surface area contributed by atoms with E-state index in [1.807, 2.05) is 31.2 Å². The van der Waals surface area contributed by atoms with Crippen molar-refractivity contribution in [1.29, 1.82) is 0 Å². The second-order valence-corrected chi connectivity index (χ2v) is 6.15. The van der Waals surface area contributed by atoms with Crippen LogP contribution in [0, 0.1) is 5.92 Å². The molecule has 0 aliphatic carbocycles. The maximum atomic E-state index is 11.8. The molecule has 1 atom stereocenters. The molecule has 2 amide bonds. The van der Waals surface area contributed by atoms with Gasteiger partial charge in [-0.15, -0.1) is 0 Å². The highest BCUT2D eigenvalue weighted by atomic mass is 16.2. The fourth-order valence-corrected chi connectivity index (χ4v) is 2.33. The molecule has 0 bridgehead atoms. The summed E-state index contributed by atoms with van der Waals surface area (Å²) in [4.78, 5) is 25.3. The fourth-order valence-electron chi connectivity index (χ4n) is 2.33. The first-order valence-corrected chi connectivity index (χ1v) is 7.91. The predicted molar refractivity (Wildman–Crippen MR) is 89.0 cm³/mol. The SMILES string of the molecule is CC(C)C(C)NC(=O)CNc1ccc(N2CCCC2=O)cc1. The normalized spacial score (nSPS) is 16.0. The van der Waals surface area contributed by atoms with Crippen molar-refractivity contribution in [2.75, 3.05) is 23.3 Å². The van der Waals surface area contributed by atoms with Gasteiger partial charge in [0.2, 0.25) is 11.8 Å². The molecule has 1 aromatic rings. The van der Waals surface area contributed by atoms with Crippen LogP contribution < -0.4 is 15.5 Å². The number of nitrogens with one attached hydrogen (secondary N) is 2. The number of rotatable bonds is 6. The lowest BCUT2D eigenvalue weighted by molar-refractivity contribution is -0.120.